The molecule has 0 unspecified atom stereocenters. The molecule has 3 heteroatoms. The van der Waals surface area contributed by atoms with Gasteiger partial charge in [-0.05, 0) is 13.6 Å². The van der Waals surface area contributed by atoms with Crippen LogP contribution in [-0.2, 0) is 4.79 Å². The minimum Gasteiger partial charge on any atom is -0.335 e. The Morgan fingerprint density at radius 2 is 2.38 bits per heavy atom. The van der Waals surface area contributed by atoms with Crippen LogP contribution in [0.4, 0.5) is 0 Å². The van der Waals surface area contributed by atoms with Gasteiger partial charge in [0.2, 0.25) is 0 Å². The summed E-state index contributed by atoms with van der Waals surface area (Å²) in [5.41, 5.74) is 0. The molecule has 0 aromatic carbocycles. The third kappa shape index (κ3) is 3.61. The maximum Gasteiger partial charge on any atom is 0.310 e. The Hall–Kier alpha value is -0.570. The molecule has 0 bridgehead atoms. The maximum absolute atomic E-state index is 9.56. The second-order valence-corrected chi connectivity index (χ2v) is 1.61. The summed E-state index contributed by atoms with van der Waals surface area (Å²) < 4.78 is 0. The molecule has 0 aromatic heterocycles. The lowest BCUT2D eigenvalue weighted by molar-refractivity contribution is 0.342. The highest BCUT2D eigenvalue weighted by atomic mass is 16.1. The number of carbonyl (C=O) groups excluding carboxylic acids is 1. The van der Waals surface area contributed by atoms with Gasteiger partial charge >= 0.3 is 6.41 Å². The van der Waals surface area contributed by atoms with Crippen LogP contribution in [0, 0.1) is 0 Å². The first-order valence-electron chi connectivity index (χ1n) is 2.59. The Morgan fingerprint density at radius 1 is 1.75 bits per heavy atom. The number of nitrogens with zero attached hydrogens (tertiary/aromatic N) is 1. The molecule has 8 heavy (non-hydrogen) atoms. The van der Waals surface area contributed by atoms with Gasteiger partial charge in [-0.1, -0.05) is 6.92 Å². The second kappa shape index (κ2) is 4.59. The molecule has 3 nitrogen and oxygen atoms in total. The van der Waals surface area contributed by atoms with Crippen LogP contribution in [0.25, 0.3) is 0 Å². The van der Waals surface area contributed by atoms with E-state index in [1.165, 1.54) is 0 Å². The van der Waals surface area contributed by atoms with E-state index < -0.39 is 0 Å². The number of hydrogen-bond acceptors (Lipinski definition) is 2. The molecule has 0 aromatic rings. The van der Waals surface area contributed by atoms with Crippen LogP contribution >= 0.6 is 0 Å². The van der Waals surface area contributed by atoms with E-state index in [4.69, 9.17) is 0 Å². The maximum atomic E-state index is 9.56. The fourth-order valence-electron chi connectivity index (χ4n) is 0.279. The summed E-state index contributed by atoms with van der Waals surface area (Å²) >= 11 is 0. The van der Waals surface area contributed by atoms with E-state index in [9.17, 15) is 4.79 Å². The number of hydrogen-bond donors (Lipinski definition) is 1. The first-order chi connectivity index (χ1) is 3.81. The van der Waals surface area contributed by atoms with E-state index in [1.807, 2.05) is 18.9 Å². The van der Waals surface area contributed by atoms with E-state index in [0.29, 0.717) is 6.67 Å². The summed E-state index contributed by atoms with van der Waals surface area (Å²) in [5, 5.41) is 2.42. The summed E-state index contributed by atoms with van der Waals surface area (Å²) in [5.74, 6) is 0. The highest BCUT2D eigenvalue weighted by Crippen LogP contribution is 1.72. The number of nitrogens with one attached hydrogen (secondary N) is 1. The van der Waals surface area contributed by atoms with Crippen molar-refractivity contribution in [2.75, 3.05) is 20.3 Å². The largest absolute Gasteiger partial charge is 0.335 e. The van der Waals surface area contributed by atoms with Gasteiger partial charge in [-0.15, -0.1) is 0 Å². The van der Waals surface area contributed by atoms with Gasteiger partial charge in [0.15, 0.2) is 0 Å². The fourth-order valence-corrected chi connectivity index (χ4v) is 0.279. The molecule has 0 heterocycles. The van der Waals surface area contributed by atoms with Crippen LogP contribution in [0.1, 0.15) is 6.92 Å². The first-order valence-corrected chi connectivity index (χ1v) is 2.59. The van der Waals surface area contributed by atoms with Crippen LogP contribution < -0.4 is 5.32 Å². The zero-order valence-electron chi connectivity index (χ0n) is 5.27. The average molecular weight is 115 g/mol. The van der Waals surface area contributed by atoms with Crippen LogP contribution in [0.2, 0.25) is 0 Å². The van der Waals surface area contributed by atoms with E-state index in [0.717, 1.165) is 6.54 Å². The molecule has 0 aliphatic heterocycles. The SMILES string of the molecule is CCN(C)CN[C]=O. The van der Waals surface area contributed by atoms with Gasteiger partial charge in [0.1, 0.15) is 0 Å². The zero-order valence-corrected chi connectivity index (χ0v) is 5.27. The number of amides is 1. The second-order valence-electron chi connectivity index (χ2n) is 1.61. The lowest BCUT2D eigenvalue weighted by Crippen LogP contribution is -2.29. The molecule has 0 saturated heterocycles. The molecular weight excluding hydrogens is 104 g/mol. The lowest BCUT2D eigenvalue weighted by atomic mass is 10.7. The van der Waals surface area contributed by atoms with Gasteiger partial charge in [0.25, 0.3) is 0 Å². The van der Waals surface area contributed by atoms with E-state index >= 15 is 0 Å². The standard InChI is InChI=1S/C5H11N2O/c1-3-7(2)4-6-5-8/h3-4H2,1-2H3,(H,6,8). The average Bonchev–Trinajstić information content (AvgIpc) is 1.83. The highest BCUT2D eigenvalue weighted by Gasteiger charge is 1.88. The van der Waals surface area contributed by atoms with Crippen molar-refractivity contribution in [1.29, 1.82) is 0 Å². The Morgan fingerprint density at radius 3 is 2.75 bits per heavy atom. The summed E-state index contributed by atoms with van der Waals surface area (Å²) in [6, 6.07) is 0. The summed E-state index contributed by atoms with van der Waals surface area (Å²) in [7, 11) is 1.92. The smallest absolute Gasteiger partial charge is 0.310 e. The third-order valence-electron chi connectivity index (χ3n) is 0.961. The normalized spacial score (nSPS) is 9.38. The molecule has 0 rings (SSSR count). The minimum atomic E-state index is 0.583. The van der Waals surface area contributed by atoms with Crippen molar-refractivity contribution in [3.05, 3.63) is 0 Å². The Balaban J connectivity index is 2.97. The van der Waals surface area contributed by atoms with Crippen molar-refractivity contribution < 1.29 is 4.79 Å². The summed E-state index contributed by atoms with van der Waals surface area (Å²) in [4.78, 5) is 11.5. The molecule has 0 fully saturated rings. The van der Waals surface area contributed by atoms with Crippen molar-refractivity contribution >= 4 is 6.41 Å². The van der Waals surface area contributed by atoms with Gasteiger partial charge in [-0.2, -0.15) is 0 Å². The highest BCUT2D eigenvalue weighted by molar-refractivity contribution is 5.46. The predicted molar refractivity (Wildman–Crippen MR) is 32.0 cm³/mol. The van der Waals surface area contributed by atoms with Gasteiger partial charge in [0.05, 0.1) is 6.67 Å². The quantitative estimate of drug-likeness (QED) is 0.397. The Labute approximate surface area is 49.7 Å². The van der Waals surface area contributed by atoms with Crippen LogP contribution in [0.5, 0.6) is 0 Å². The van der Waals surface area contributed by atoms with E-state index in [-0.39, 0.29) is 0 Å². The van der Waals surface area contributed by atoms with Crippen molar-refractivity contribution in [2.24, 2.45) is 0 Å². The zero-order chi connectivity index (χ0) is 6.41. The molecule has 0 spiro atoms. The Kier molecular flexibility index (Phi) is 4.26. The molecule has 0 aliphatic carbocycles. The number of rotatable bonds is 4. The van der Waals surface area contributed by atoms with Crippen molar-refractivity contribution in [1.82, 2.24) is 10.2 Å². The summed E-state index contributed by atoms with van der Waals surface area (Å²) in [6.45, 7) is 3.54. The summed E-state index contributed by atoms with van der Waals surface area (Å²) in [6.07, 6.45) is 1.59. The van der Waals surface area contributed by atoms with Crippen molar-refractivity contribution in [2.45, 2.75) is 6.92 Å². The van der Waals surface area contributed by atoms with Gasteiger partial charge in [-0.3, -0.25) is 9.69 Å². The van der Waals surface area contributed by atoms with E-state index in [2.05, 4.69) is 5.32 Å². The van der Waals surface area contributed by atoms with Gasteiger partial charge in [0, 0.05) is 0 Å². The third-order valence-corrected chi connectivity index (χ3v) is 0.961. The van der Waals surface area contributed by atoms with E-state index in [1.54, 1.807) is 6.41 Å². The first kappa shape index (κ1) is 7.43. The predicted octanol–water partition coefficient (Wildman–Crippen LogP) is -0.448. The molecule has 0 atom stereocenters. The monoisotopic (exact) mass is 115 g/mol. The Bertz CT molecular complexity index is 65.4. The molecule has 1 N–H and O–H groups in total. The van der Waals surface area contributed by atoms with Crippen molar-refractivity contribution in [3.63, 3.8) is 0 Å². The minimum absolute atomic E-state index is 0.583. The topological polar surface area (TPSA) is 32.3 Å². The molecule has 47 valence electrons. The molecule has 0 aliphatic rings. The van der Waals surface area contributed by atoms with Crippen molar-refractivity contribution in [3.8, 4) is 0 Å². The van der Waals surface area contributed by atoms with Crippen LogP contribution in [0.15, 0.2) is 0 Å². The van der Waals surface area contributed by atoms with Crippen LogP contribution in [-0.4, -0.2) is 31.6 Å². The molecule has 1 amide bonds. The van der Waals surface area contributed by atoms with Gasteiger partial charge < -0.3 is 5.32 Å². The fraction of sp³-hybridized carbons (Fsp3) is 0.800. The molecule has 1 radical (unpaired) electrons. The molecule has 0 saturated carbocycles. The molecular formula is C5H11N2O. The van der Waals surface area contributed by atoms with Gasteiger partial charge in [-0.25, -0.2) is 0 Å². The van der Waals surface area contributed by atoms with Crippen LogP contribution in [0.3, 0.4) is 0 Å². The lowest BCUT2D eigenvalue weighted by Gasteiger charge is -2.10.